The van der Waals surface area contributed by atoms with Gasteiger partial charge in [0.2, 0.25) is 10.0 Å². The lowest BCUT2D eigenvalue weighted by atomic mass is 10.4. The highest BCUT2D eigenvalue weighted by molar-refractivity contribution is 7.89. The van der Waals surface area contributed by atoms with E-state index in [1.165, 1.54) is 6.20 Å². The van der Waals surface area contributed by atoms with Crippen LogP contribution in [0.4, 0.5) is 0 Å². The molecule has 2 aliphatic rings. The van der Waals surface area contributed by atoms with Gasteiger partial charge in [0.05, 0.1) is 11.9 Å². The summed E-state index contributed by atoms with van der Waals surface area (Å²) in [7, 11) is -3.40. The molecule has 1 aromatic heterocycles. The lowest BCUT2D eigenvalue weighted by molar-refractivity contribution is 0.565. The van der Waals surface area contributed by atoms with Crippen molar-refractivity contribution in [2.45, 2.75) is 17.9 Å². The van der Waals surface area contributed by atoms with Crippen LogP contribution in [0.25, 0.3) is 0 Å². The number of aromatic nitrogens is 2. The van der Waals surface area contributed by atoms with Gasteiger partial charge in [0.15, 0.2) is 0 Å². The van der Waals surface area contributed by atoms with Crippen LogP contribution in [0.5, 0.6) is 0 Å². The monoisotopic (exact) mass is 278 g/mol. The number of fused-ring (bicyclic) bond motifs is 1. The molecule has 1 aliphatic carbocycles. The third-order valence-electron chi connectivity index (χ3n) is 3.46. The van der Waals surface area contributed by atoms with Crippen molar-refractivity contribution in [2.75, 3.05) is 13.1 Å². The van der Waals surface area contributed by atoms with Crippen LogP contribution in [0.3, 0.4) is 0 Å². The van der Waals surface area contributed by atoms with Crippen LogP contribution >= 0.6 is 12.4 Å². The summed E-state index contributed by atoms with van der Waals surface area (Å²) in [6.45, 7) is 3.54. The maximum absolute atomic E-state index is 12.0. The molecule has 0 radical (unpaired) electrons. The van der Waals surface area contributed by atoms with E-state index in [0.717, 1.165) is 13.1 Å². The van der Waals surface area contributed by atoms with Gasteiger partial charge in [-0.2, -0.15) is 5.10 Å². The smallest absolute Gasteiger partial charge is 0.244 e. The molecule has 0 spiro atoms. The SMILES string of the molecule is Cc1[nH]ncc1S(=O)(=O)NC1C2CNCC21.Cl. The van der Waals surface area contributed by atoms with Crippen LogP contribution in [0.15, 0.2) is 11.1 Å². The number of nitrogens with zero attached hydrogens (tertiary/aromatic N) is 1. The van der Waals surface area contributed by atoms with Gasteiger partial charge in [-0.15, -0.1) is 12.4 Å². The summed E-state index contributed by atoms with van der Waals surface area (Å²) in [6.07, 6.45) is 1.36. The topological polar surface area (TPSA) is 86.9 Å². The molecule has 17 heavy (non-hydrogen) atoms. The molecule has 2 fully saturated rings. The van der Waals surface area contributed by atoms with Gasteiger partial charge in [0.1, 0.15) is 4.90 Å². The second-order valence-corrected chi connectivity index (χ2v) is 6.17. The third kappa shape index (κ3) is 2.08. The van der Waals surface area contributed by atoms with Gasteiger partial charge in [0, 0.05) is 6.04 Å². The molecular formula is C9H15ClN4O2S. The Balaban J connectivity index is 0.00000108. The van der Waals surface area contributed by atoms with E-state index in [1.807, 2.05) is 0 Å². The van der Waals surface area contributed by atoms with Crippen molar-refractivity contribution in [1.29, 1.82) is 0 Å². The Kier molecular flexibility index (Phi) is 3.19. The lowest BCUT2D eigenvalue weighted by Gasteiger charge is -2.07. The van der Waals surface area contributed by atoms with Gasteiger partial charge in [-0.25, -0.2) is 13.1 Å². The zero-order valence-electron chi connectivity index (χ0n) is 9.30. The molecule has 3 rings (SSSR count). The van der Waals surface area contributed by atoms with Gasteiger partial charge in [0.25, 0.3) is 0 Å². The summed E-state index contributed by atoms with van der Waals surface area (Å²) in [5.41, 5.74) is 0.580. The summed E-state index contributed by atoms with van der Waals surface area (Å²) in [5, 5.41) is 9.60. The maximum atomic E-state index is 12.0. The van der Waals surface area contributed by atoms with Crippen LogP contribution in [0.2, 0.25) is 0 Å². The predicted molar refractivity (Wildman–Crippen MR) is 64.5 cm³/mol. The molecule has 1 saturated carbocycles. The largest absolute Gasteiger partial charge is 0.316 e. The quantitative estimate of drug-likeness (QED) is 0.704. The minimum absolute atomic E-state index is 0. The molecule has 3 N–H and O–H groups in total. The molecule has 8 heteroatoms. The van der Waals surface area contributed by atoms with E-state index in [-0.39, 0.29) is 23.3 Å². The number of piperidine rings is 1. The Morgan fingerprint density at radius 2 is 2.06 bits per heavy atom. The molecule has 0 amide bonds. The van der Waals surface area contributed by atoms with E-state index in [9.17, 15) is 8.42 Å². The third-order valence-corrected chi connectivity index (χ3v) is 5.03. The maximum Gasteiger partial charge on any atom is 0.244 e. The first-order chi connectivity index (χ1) is 7.59. The van der Waals surface area contributed by atoms with Gasteiger partial charge in [-0.05, 0) is 31.8 Å². The van der Waals surface area contributed by atoms with E-state index < -0.39 is 10.0 Å². The zero-order chi connectivity index (χ0) is 11.3. The first kappa shape index (κ1) is 12.8. The highest BCUT2D eigenvalue weighted by Crippen LogP contribution is 2.42. The second-order valence-electron chi connectivity index (χ2n) is 4.49. The van der Waals surface area contributed by atoms with Crippen LogP contribution < -0.4 is 10.0 Å². The van der Waals surface area contributed by atoms with Crippen LogP contribution in [0, 0.1) is 18.8 Å². The molecule has 2 unspecified atom stereocenters. The van der Waals surface area contributed by atoms with E-state index >= 15 is 0 Å². The average molecular weight is 279 g/mol. The molecule has 6 nitrogen and oxygen atoms in total. The van der Waals surface area contributed by atoms with Crippen LogP contribution in [-0.2, 0) is 10.0 Å². The molecule has 0 aromatic carbocycles. The van der Waals surface area contributed by atoms with Crippen molar-refractivity contribution in [3.05, 3.63) is 11.9 Å². The van der Waals surface area contributed by atoms with Crippen LogP contribution in [-0.4, -0.2) is 37.7 Å². The average Bonchev–Trinajstić information content (AvgIpc) is 2.68. The van der Waals surface area contributed by atoms with Crippen molar-refractivity contribution in [1.82, 2.24) is 20.2 Å². The predicted octanol–water partition coefficient (Wildman–Crippen LogP) is -0.364. The van der Waals surface area contributed by atoms with E-state index in [2.05, 4.69) is 20.2 Å². The Bertz CT molecular complexity index is 505. The van der Waals surface area contributed by atoms with E-state index in [1.54, 1.807) is 6.92 Å². The van der Waals surface area contributed by atoms with Crippen molar-refractivity contribution < 1.29 is 8.42 Å². The van der Waals surface area contributed by atoms with E-state index in [0.29, 0.717) is 17.5 Å². The first-order valence-electron chi connectivity index (χ1n) is 5.32. The number of H-pyrrole nitrogens is 1. The minimum atomic E-state index is -3.40. The molecule has 1 saturated heterocycles. The number of hydrogen-bond acceptors (Lipinski definition) is 4. The standard InChI is InChI=1S/C9H14N4O2S.ClH/c1-5-8(4-11-12-5)16(14,15)13-9-6-2-10-3-7(6)9;/h4,6-7,9-10,13H,2-3H2,1H3,(H,11,12);1H. The highest BCUT2D eigenvalue weighted by atomic mass is 35.5. The van der Waals surface area contributed by atoms with Gasteiger partial charge >= 0.3 is 0 Å². The summed E-state index contributed by atoms with van der Waals surface area (Å²) >= 11 is 0. The van der Waals surface area contributed by atoms with Gasteiger partial charge in [-0.3, -0.25) is 5.10 Å². The fraction of sp³-hybridized carbons (Fsp3) is 0.667. The van der Waals surface area contributed by atoms with Gasteiger partial charge < -0.3 is 5.32 Å². The van der Waals surface area contributed by atoms with Crippen molar-refractivity contribution in [3.8, 4) is 0 Å². The van der Waals surface area contributed by atoms with E-state index in [4.69, 9.17) is 0 Å². The number of nitrogens with one attached hydrogen (secondary N) is 3. The van der Waals surface area contributed by atoms with Crippen LogP contribution in [0.1, 0.15) is 5.69 Å². The fourth-order valence-corrected chi connectivity index (χ4v) is 3.92. The highest BCUT2D eigenvalue weighted by Gasteiger charge is 2.54. The number of halogens is 1. The first-order valence-corrected chi connectivity index (χ1v) is 6.81. The van der Waals surface area contributed by atoms with Crippen molar-refractivity contribution in [3.63, 3.8) is 0 Å². The number of sulfonamides is 1. The Labute approximate surface area is 106 Å². The number of hydrogen-bond donors (Lipinski definition) is 3. The number of aryl methyl sites for hydroxylation is 1. The summed E-state index contributed by atoms with van der Waals surface area (Å²) in [6, 6.07) is 0.112. The van der Waals surface area contributed by atoms with Crippen molar-refractivity contribution >= 4 is 22.4 Å². The molecule has 96 valence electrons. The summed E-state index contributed by atoms with van der Waals surface area (Å²) in [5.74, 6) is 0.948. The summed E-state index contributed by atoms with van der Waals surface area (Å²) < 4.78 is 26.8. The molecule has 1 aromatic rings. The Morgan fingerprint density at radius 1 is 1.41 bits per heavy atom. The molecule has 2 atom stereocenters. The number of aromatic amines is 1. The molecule has 1 aliphatic heterocycles. The van der Waals surface area contributed by atoms with Gasteiger partial charge in [-0.1, -0.05) is 0 Å². The number of rotatable bonds is 3. The minimum Gasteiger partial charge on any atom is -0.316 e. The Hall–Kier alpha value is -0.630. The lowest BCUT2D eigenvalue weighted by Crippen LogP contribution is -2.32. The normalized spacial score (nSPS) is 30.8. The zero-order valence-corrected chi connectivity index (χ0v) is 10.9. The van der Waals surface area contributed by atoms with Crippen molar-refractivity contribution in [2.24, 2.45) is 11.8 Å². The fourth-order valence-electron chi connectivity index (χ4n) is 2.45. The Morgan fingerprint density at radius 3 is 2.59 bits per heavy atom. The molecule has 2 heterocycles. The second kappa shape index (κ2) is 4.24. The molecular weight excluding hydrogens is 264 g/mol. The summed E-state index contributed by atoms with van der Waals surface area (Å²) in [4.78, 5) is 0.255. The molecule has 0 bridgehead atoms.